The molecule has 0 saturated carbocycles. The fourth-order valence-electron chi connectivity index (χ4n) is 2.94. The van der Waals surface area contributed by atoms with Crippen LogP contribution in [0.15, 0.2) is 18.2 Å². The van der Waals surface area contributed by atoms with E-state index >= 15 is 0 Å². The molecule has 1 heterocycles. The highest BCUT2D eigenvalue weighted by molar-refractivity contribution is 5.69. The quantitative estimate of drug-likeness (QED) is 0.771. The van der Waals surface area contributed by atoms with Gasteiger partial charge in [0.05, 0.1) is 12.6 Å². The van der Waals surface area contributed by atoms with Gasteiger partial charge >= 0.3 is 5.97 Å². The first-order chi connectivity index (χ1) is 10.9. The molecule has 0 aliphatic carbocycles. The van der Waals surface area contributed by atoms with Gasteiger partial charge in [-0.25, -0.2) is 0 Å². The average Bonchev–Trinajstić information content (AvgIpc) is 2.83. The number of benzene rings is 1. The Kier molecular flexibility index (Phi) is 5.98. The van der Waals surface area contributed by atoms with Crippen LogP contribution >= 0.6 is 0 Å². The van der Waals surface area contributed by atoms with E-state index in [4.69, 9.17) is 9.84 Å². The van der Waals surface area contributed by atoms with E-state index in [-0.39, 0.29) is 12.6 Å². The number of carboxylic acids is 1. The van der Waals surface area contributed by atoms with Crippen molar-refractivity contribution in [2.75, 3.05) is 39.8 Å². The molecule has 1 aromatic carbocycles. The number of aliphatic carboxylic acids is 1. The molecule has 2 N–H and O–H groups in total. The third-order valence-corrected chi connectivity index (χ3v) is 4.29. The Bertz CT molecular complexity index is 549. The van der Waals surface area contributed by atoms with E-state index in [1.165, 1.54) is 0 Å². The van der Waals surface area contributed by atoms with Crippen molar-refractivity contribution in [1.29, 1.82) is 0 Å². The first-order valence-corrected chi connectivity index (χ1v) is 7.89. The van der Waals surface area contributed by atoms with Crippen LogP contribution in [0, 0.1) is 13.8 Å². The summed E-state index contributed by atoms with van der Waals surface area (Å²) >= 11 is 0. The number of carboxylic acid groups (broad SMARTS) is 1. The van der Waals surface area contributed by atoms with Gasteiger partial charge in [0.1, 0.15) is 12.4 Å². The molecule has 0 aromatic heterocycles. The SMILES string of the molecule is Cc1ccc(C)c(OCCN2C[C@@H](O)[C@@H](N(C)CC(=O)O)C2)c1. The third kappa shape index (κ3) is 4.92. The van der Waals surface area contributed by atoms with Crippen LogP contribution in [0.4, 0.5) is 0 Å². The van der Waals surface area contributed by atoms with E-state index in [0.29, 0.717) is 26.2 Å². The number of likely N-dealkylation sites (N-methyl/N-ethyl adjacent to an activating group) is 1. The van der Waals surface area contributed by atoms with Crippen molar-refractivity contribution in [2.24, 2.45) is 0 Å². The van der Waals surface area contributed by atoms with E-state index in [1.54, 1.807) is 11.9 Å². The Morgan fingerprint density at radius 1 is 1.39 bits per heavy atom. The molecular weight excluding hydrogens is 296 g/mol. The summed E-state index contributed by atoms with van der Waals surface area (Å²) in [5.41, 5.74) is 2.27. The van der Waals surface area contributed by atoms with Gasteiger partial charge in [0.25, 0.3) is 0 Å². The number of hydrogen-bond donors (Lipinski definition) is 2. The second-order valence-corrected chi connectivity index (χ2v) is 6.32. The zero-order valence-electron chi connectivity index (χ0n) is 14.0. The van der Waals surface area contributed by atoms with Crippen molar-refractivity contribution >= 4 is 5.97 Å². The number of β-amino-alcohol motifs (C(OH)–C–C–N with tert-alkyl or cyclic N) is 1. The minimum atomic E-state index is -0.878. The van der Waals surface area contributed by atoms with Crippen LogP contribution in [0.25, 0.3) is 0 Å². The lowest BCUT2D eigenvalue weighted by Gasteiger charge is -2.24. The molecule has 1 aromatic rings. The van der Waals surface area contributed by atoms with Crippen LogP contribution < -0.4 is 4.74 Å². The third-order valence-electron chi connectivity index (χ3n) is 4.29. The van der Waals surface area contributed by atoms with E-state index in [1.807, 2.05) is 26.0 Å². The Morgan fingerprint density at radius 3 is 2.83 bits per heavy atom. The fourth-order valence-corrected chi connectivity index (χ4v) is 2.94. The predicted octanol–water partition coefficient (Wildman–Crippen LogP) is 0.744. The van der Waals surface area contributed by atoms with Crippen molar-refractivity contribution in [3.05, 3.63) is 29.3 Å². The molecule has 0 radical (unpaired) electrons. The number of likely N-dealkylation sites (tertiary alicyclic amines) is 1. The number of aliphatic hydroxyl groups excluding tert-OH is 1. The maximum Gasteiger partial charge on any atom is 0.317 e. The summed E-state index contributed by atoms with van der Waals surface area (Å²) in [4.78, 5) is 14.6. The molecule has 0 amide bonds. The van der Waals surface area contributed by atoms with E-state index < -0.39 is 12.1 Å². The Labute approximate surface area is 137 Å². The molecule has 1 saturated heterocycles. The van der Waals surface area contributed by atoms with Crippen molar-refractivity contribution in [3.8, 4) is 5.75 Å². The van der Waals surface area contributed by atoms with E-state index in [0.717, 1.165) is 16.9 Å². The summed E-state index contributed by atoms with van der Waals surface area (Å²) in [7, 11) is 1.73. The molecule has 0 bridgehead atoms. The Hall–Kier alpha value is -1.63. The number of hydrogen-bond acceptors (Lipinski definition) is 5. The van der Waals surface area contributed by atoms with Crippen LogP contribution in [0.3, 0.4) is 0 Å². The lowest BCUT2D eigenvalue weighted by molar-refractivity contribution is -0.138. The molecular formula is C17H26N2O4. The molecule has 6 heteroatoms. The highest BCUT2D eigenvalue weighted by Gasteiger charge is 2.34. The largest absolute Gasteiger partial charge is 0.492 e. The van der Waals surface area contributed by atoms with Gasteiger partial charge in [-0.3, -0.25) is 14.6 Å². The highest BCUT2D eigenvalue weighted by Crippen LogP contribution is 2.20. The van der Waals surface area contributed by atoms with Crippen LogP contribution in [0.5, 0.6) is 5.75 Å². The zero-order chi connectivity index (χ0) is 17.0. The summed E-state index contributed by atoms with van der Waals surface area (Å²) in [6, 6.07) is 5.98. The van der Waals surface area contributed by atoms with Gasteiger partial charge < -0.3 is 14.9 Å². The second kappa shape index (κ2) is 7.77. The topological polar surface area (TPSA) is 73.2 Å². The molecule has 128 valence electrons. The Balaban J connectivity index is 1.81. The second-order valence-electron chi connectivity index (χ2n) is 6.32. The van der Waals surface area contributed by atoms with Crippen molar-refractivity contribution < 1.29 is 19.7 Å². The molecule has 6 nitrogen and oxygen atoms in total. The first-order valence-electron chi connectivity index (χ1n) is 7.89. The molecule has 2 atom stereocenters. The van der Waals surface area contributed by atoms with Gasteiger partial charge in [-0.15, -0.1) is 0 Å². The summed E-state index contributed by atoms with van der Waals surface area (Å²) in [5.74, 6) is 0.0145. The number of carbonyl (C=O) groups is 1. The molecule has 0 spiro atoms. The van der Waals surface area contributed by atoms with Crippen molar-refractivity contribution in [1.82, 2.24) is 9.80 Å². The van der Waals surface area contributed by atoms with Gasteiger partial charge in [-0.05, 0) is 38.1 Å². The molecule has 1 aliphatic rings. The first kappa shape index (κ1) is 17.7. The number of ether oxygens (including phenoxy) is 1. The molecule has 0 unspecified atom stereocenters. The van der Waals surface area contributed by atoms with Crippen molar-refractivity contribution in [3.63, 3.8) is 0 Å². The summed E-state index contributed by atoms with van der Waals surface area (Å²) in [6.07, 6.45) is -0.528. The van der Waals surface area contributed by atoms with Crippen LogP contribution in [-0.4, -0.2) is 78.0 Å². The van der Waals surface area contributed by atoms with E-state index in [2.05, 4.69) is 11.0 Å². The summed E-state index contributed by atoms with van der Waals surface area (Å²) in [6.45, 7) is 6.45. The van der Waals surface area contributed by atoms with Gasteiger partial charge in [0.2, 0.25) is 0 Å². The van der Waals surface area contributed by atoms with Gasteiger partial charge in [-0.2, -0.15) is 0 Å². The zero-order valence-corrected chi connectivity index (χ0v) is 14.0. The number of nitrogens with zero attached hydrogens (tertiary/aromatic N) is 2. The lowest BCUT2D eigenvalue weighted by Crippen LogP contribution is -2.43. The molecule has 1 fully saturated rings. The van der Waals surface area contributed by atoms with E-state index in [9.17, 15) is 9.90 Å². The number of rotatable bonds is 7. The normalized spacial score (nSPS) is 21.8. The van der Waals surface area contributed by atoms with Gasteiger partial charge in [0.15, 0.2) is 0 Å². The highest BCUT2D eigenvalue weighted by atomic mass is 16.5. The number of aliphatic hydroxyl groups is 1. The number of aryl methyl sites for hydroxylation is 2. The van der Waals surface area contributed by atoms with Crippen LogP contribution in [0.1, 0.15) is 11.1 Å². The maximum atomic E-state index is 10.8. The standard InChI is InChI=1S/C17H26N2O4/c1-12-4-5-13(2)16(8-12)23-7-6-19-9-14(15(20)10-19)18(3)11-17(21)22/h4-5,8,14-15,20H,6-7,9-11H2,1-3H3,(H,21,22)/t14-,15+/m0/s1. The molecule has 1 aliphatic heterocycles. The maximum absolute atomic E-state index is 10.8. The van der Waals surface area contributed by atoms with Gasteiger partial charge in [-0.1, -0.05) is 12.1 Å². The van der Waals surface area contributed by atoms with Crippen molar-refractivity contribution in [2.45, 2.75) is 26.0 Å². The monoisotopic (exact) mass is 322 g/mol. The minimum Gasteiger partial charge on any atom is -0.492 e. The molecule has 2 rings (SSSR count). The summed E-state index contributed by atoms with van der Waals surface area (Å²) in [5, 5.41) is 19.0. The molecule has 23 heavy (non-hydrogen) atoms. The van der Waals surface area contributed by atoms with Crippen LogP contribution in [0.2, 0.25) is 0 Å². The van der Waals surface area contributed by atoms with Gasteiger partial charge in [0, 0.05) is 25.7 Å². The van der Waals surface area contributed by atoms with Crippen LogP contribution in [-0.2, 0) is 4.79 Å². The predicted molar refractivity (Wildman–Crippen MR) is 87.9 cm³/mol. The smallest absolute Gasteiger partial charge is 0.317 e. The Morgan fingerprint density at radius 2 is 2.13 bits per heavy atom. The lowest BCUT2D eigenvalue weighted by atomic mass is 10.1. The summed E-state index contributed by atoms with van der Waals surface area (Å²) < 4.78 is 5.84. The fraction of sp³-hybridized carbons (Fsp3) is 0.588. The minimum absolute atomic E-state index is 0.0610. The average molecular weight is 322 g/mol.